The maximum atomic E-state index is 5.52. The van der Waals surface area contributed by atoms with Crippen LogP contribution in [-0.2, 0) is 17.7 Å². The van der Waals surface area contributed by atoms with Crippen LogP contribution in [0.15, 0.2) is 11.4 Å². The van der Waals surface area contributed by atoms with Crippen molar-refractivity contribution >= 4 is 27.3 Å². The second-order valence-electron chi connectivity index (χ2n) is 5.58. The number of thiophene rings is 1. The zero-order valence-corrected chi connectivity index (χ0v) is 13.1. The van der Waals surface area contributed by atoms with Crippen LogP contribution in [0.1, 0.15) is 23.3 Å². The van der Waals surface area contributed by atoms with Crippen LogP contribution in [0.2, 0.25) is 0 Å². The molecule has 0 aliphatic carbocycles. The lowest BCUT2D eigenvalue weighted by molar-refractivity contribution is 0.00606. The van der Waals surface area contributed by atoms with E-state index in [2.05, 4.69) is 32.3 Å². The van der Waals surface area contributed by atoms with E-state index >= 15 is 0 Å². The van der Waals surface area contributed by atoms with Gasteiger partial charge in [-0.2, -0.15) is 0 Å². The Morgan fingerprint density at radius 2 is 2.22 bits per heavy atom. The highest BCUT2D eigenvalue weighted by atomic mass is 79.9. The molecule has 0 bridgehead atoms. The summed E-state index contributed by atoms with van der Waals surface area (Å²) in [5.41, 5.74) is 1.99. The second-order valence-corrected chi connectivity index (χ2v) is 7.14. The van der Waals surface area contributed by atoms with Gasteiger partial charge >= 0.3 is 0 Å². The van der Waals surface area contributed by atoms with Gasteiger partial charge in [0.05, 0.1) is 0 Å². The largest absolute Gasteiger partial charge is 0.381 e. The number of rotatable bonds is 3. The van der Waals surface area contributed by atoms with Crippen LogP contribution in [0.4, 0.5) is 0 Å². The normalized spacial score (nSPS) is 23.8. The van der Waals surface area contributed by atoms with Crippen molar-refractivity contribution in [1.29, 1.82) is 0 Å². The number of alkyl halides is 1. The summed E-state index contributed by atoms with van der Waals surface area (Å²) in [6.07, 6.45) is 3.64. The minimum absolute atomic E-state index is 0.436. The van der Waals surface area contributed by atoms with Crippen LogP contribution >= 0.6 is 27.3 Å². The molecule has 3 heterocycles. The standard InChI is InChI=1S/C14H20BrNOS/c15-10-14(3-6-17-7-4-14)11-16-5-1-13-12(9-16)2-8-18-13/h2,8H,1,3-7,9-11H2. The zero-order chi connectivity index (χ0) is 12.4. The Labute approximate surface area is 121 Å². The van der Waals surface area contributed by atoms with Crippen molar-refractivity contribution in [3.63, 3.8) is 0 Å². The molecule has 1 saturated heterocycles. The van der Waals surface area contributed by atoms with Crippen molar-refractivity contribution in [2.45, 2.75) is 25.8 Å². The summed E-state index contributed by atoms with van der Waals surface area (Å²) in [6, 6.07) is 2.30. The van der Waals surface area contributed by atoms with E-state index in [1.54, 1.807) is 10.4 Å². The summed E-state index contributed by atoms with van der Waals surface area (Å²) in [7, 11) is 0. The number of halogens is 1. The van der Waals surface area contributed by atoms with Crippen molar-refractivity contribution in [1.82, 2.24) is 4.90 Å². The fourth-order valence-corrected chi connectivity index (χ4v) is 4.68. The van der Waals surface area contributed by atoms with E-state index in [9.17, 15) is 0 Å². The van der Waals surface area contributed by atoms with Gasteiger partial charge in [-0.25, -0.2) is 0 Å². The van der Waals surface area contributed by atoms with Gasteiger partial charge in [-0.1, -0.05) is 15.9 Å². The first-order valence-corrected chi connectivity index (χ1v) is 8.73. The molecule has 0 N–H and O–H groups in total. The fourth-order valence-electron chi connectivity index (χ4n) is 3.05. The van der Waals surface area contributed by atoms with Gasteiger partial charge in [0, 0.05) is 43.1 Å². The molecule has 2 nitrogen and oxygen atoms in total. The molecule has 0 atom stereocenters. The highest BCUT2D eigenvalue weighted by Gasteiger charge is 2.34. The molecular formula is C14H20BrNOS. The van der Waals surface area contributed by atoms with E-state index in [4.69, 9.17) is 4.74 Å². The van der Waals surface area contributed by atoms with Crippen LogP contribution < -0.4 is 0 Å². The summed E-state index contributed by atoms with van der Waals surface area (Å²) >= 11 is 5.66. The van der Waals surface area contributed by atoms with E-state index in [-0.39, 0.29) is 0 Å². The third kappa shape index (κ3) is 2.67. The van der Waals surface area contributed by atoms with E-state index < -0.39 is 0 Å². The smallest absolute Gasteiger partial charge is 0.0472 e. The first-order valence-electron chi connectivity index (χ1n) is 6.73. The topological polar surface area (TPSA) is 12.5 Å². The van der Waals surface area contributed by atoms with Crippen LogP contribution in [0.3, 0.4) is 0 Å². The van der Waals surface area contributed by atoms with Gasteiger partial charge < -0.3 is 4.74 Å². The summed E-state index contributed by atoms with van der Waals surface area (Å²) in [4.78, 5) is 4.24. The molecule has 0 aromatic carbocycles. The minimum atomic E-state index is 0.436. The van der Waals surface area contributed by atoms with E-state index in [1.807, 2.05) is 11.3 Å². The van der Waals surface area contributed by atoms with Gasteiger partial charge in [-0.15, -0.1) is 11.3 Å². The van der Waals surface area contributed by atoms with E-state index in [0.29, 0.717) is 5.41 Å². The van der Waals surface area contributed by atoms with Crippen molar-refractivity contribution in [2.24, 2.45) is 5.41 Å². The Bertz CT molecular complexity index is 400. The first-order chi connectivity index (χ1) is 8.81. The van der Waals surface area contributed by atoms with Gasteiger partial charge in [0.2, 0.25) is 0 Å². The van der Waals surface area contributed by atoms with Crippen molar-refractivity contribution in [2.75, 3.05) is 31.6 Å². The summed E-state index contributed by atoms with van der Waals surface area (Å²) in [5, 5.41) is 3.35. The average molecular weight is 330 g/mol. The van der Waals surface area contributed by atoms with Gasteiger partial charge in [-0.05, 0) is 41.7 Å². The molecule has 0 radical (unpaired) electrons. The molecule has 0 unspecified atom stereocenters. The molecular weight excluding hydrogens is 310 g/mol. The SMILES string of the molecule is BrCC1(CN2CCc3sccc3C2)CCOCC1. The molecule has 1 aromatic heterocycles. The van der Waals surface area contributed by atoms with Crippen LogP contribution in [-0.4, -0.2) is 36.5 Å². The summed E-state index contributed by atoms with van der Waals surface area (Å²) in [6.45, 7) is 5.46. The highest BCUT2D eigenvalue weighted by Crippen LogP contribution is 2.35. The molecule has 2 aliphatic heterocycles. The quantitative estimate of drug-likeness (QED) is 0.789. The number of fused-ring (bicyclic) bond motifs is 1. The third-order valence-corrected chi connectivity index (χ3v) is 6.50. The number of hydrogen-bond acceptors (Lipinski definition) is 3. The summed E-state index contributed by atoms with van der Waals surface area (Å²) < 4.78 is 5.52. The van der Waals surface area contributed by atoms with Crippen LogP contribution in [0, 0.1) is 5.41 Å². The average Bonchev–Trinajstić information content (AvgIpc) is 2.87. The molecule has 1 fully saturated rings. The van der Waals surface area contributed by atoms with Gasteiger partial charge in [0.25, 0.3) is 0 Å². The predicted octanol–water partition coefficient (Wildman–Crippen LogP) is 3.30. The first kappa shape index (κ1) is 13.1. The van der Waals surface area contributed by atoms with E-state index in [0.717, 1.165) is 25.1 Å². The number of hydrogen-bond donors (Lipinski definition) is 0. The lowest BCUT2D eigenvalue weighted by Gasteiger charge is -2.41. The third-order valence-electron chi connectivity index (χ3n) is 4.28. The van der Waals surface area contributed by atoms with Crippen LogP contribution in [0.5, 0.6) is 0 Å². The molecule has 2 aliphatic rings. The molecule has 0 amide bonds. The maximum absolute atomic E-state index is 5.52. The molecule has 0 spiro atoms. The van der Waals surface area contributed by atoms with Crippen LogP contribution in [0.25, 0.3) is 0 Å². The predicted molar refractivity (Wildman–Crippen MR) is 79.6 cm³/mol. The molecule has 1 aromatic rings. The molecule has 18 heavy (non-hydrogen) atoms. The van der Waals surface area contributed by atoms with Crippen molar-refractivity contribution in [3.8, 4) is 0 Å². The monoisotopic (exact) mass is 329 g/mol. The Hall–Kier alpha value is 0.100. The van der Waals surface area contributed by atoms with E-state index in [1.165, 1.54) is 32.4 Å². The Morgan fingerprint density at radius 3 is 3.00 bits per heavy atom. The molecule has 3 rings (SSSR count). The Balaban J connectivity index is 1.66. The number of ether oxygens (including phenoxy) is 1. The maximum Gasteiger partial charge on any atom is 0.0472 e. The zero-order valence-electron chi connectivity index (χ0n) is 10.7. The molecule has 4 heteroatoms. The Morgan fingerprint density at radius 1 is 1.39 bits per heavy atom. The minimum Gasteiger partial charge on any atom is -0.381 e. The fraction of sp³-hybridized carbons (Fsp3) is 0.714. The van der Waals surface area contributed by atoms with Gasteiger partial charge in [-0.3, -0.25) is 4.90 Å². The second kappa shape index (κ2) is 5.61. The van der Waals surface area contributed by atoms with Gasteiger partial charge in [0.1, 0.15) is 0 Å². The highest BCUT2D eigenvalue weighted by molar-refractivity contribution is 9.09. The van der Waals surface area contributed by atoms with Crippen molar-refractivity contribution in [3.05, 3.63) is 21.9 Å². The lowest BCUT2D eigenvalue weighted by Crippen LogP contribution is -2.44. The molecule has 0 saturated carbocycles. The summed E-state index contributed by atoms with van der Waals surface area (Å²) in [5.74, 6) is 0. The van der Waals surface area contributed by atoms with Crippen molar-refractivity contribution < 1.29 is 4.74 Å². The Kier molecular flexibility index (Phi) is 4.09. The number of nitrogens with zero attached hydrogens (tertiary/aromatic N) is 1. The lowest BCUT2D eigenvalue weighted by atomic mass is 9.81. The van der Waals surface area contributed by atoms with Gasteiger partial charge in [0.15, 0.2) is 0 Å². The molecule has 100 valence electrons.